The fourth-order valence-corrected chi connectivity index (χ4v) is 2.89. The Labute approximate surface area is 144 Å². The van der Waals surface area contributed by atoms with Crippen molar-refractivity contribution in [3.8, 4) is 17.3 Å². The maximum absolute atomic E-state index is 5.72. The zero-order chi connectivity index (χ0) is 16.2. The lowest BCUT2D eigenvalue weighted by Crippen LogP contribution is -2.03. The van der Waals surface area contributed by atoms with E-state index in [2.05, 4.69) is 19.7 Å². The van der Waals surface area contributed by atoms with Crippen molar-refractivity contribution >= 4 is 16.7 Å². The van der Waals surface area contributed by atoms with Gasteiger partial charge in [0.05, 0.1) is 6.61 Å². The molecule has 5 nitrogen and oxygen atoms in total. The van der Waals surface area contributed by atoms with Crippen LogP contribution in [0, 0.1) is 5.92 Å². The molecule has 6 heteroatoms. The molecular weight excluding hydrogens is 320 g/mol. The molecule has 0 aliphatic heterocycles. The monoisotopic (exact) mass is 338 g/mol. The molecule has 3 aromatic rings. The molecule has 0 radical (unpaired) electrons. The summed E-state index contributed by atoms with van der Waals surface area (Å²) in [5.74, 6) is 2.18. The van der Waals surface area contributed by atoms with Crippen molar-refractivity contribution in [2.24, 2.45) is 5.92 Å². The van der Waals surface area contributed by atoms with Crippen LogP contribution in [0.2, 0.25) is 0 Å². The highest BCUT2D eigenvalue weighted by Gasteiger charge is 2.22. The van der Waals surface area contributed by atoms with Crippen LogP contribution in [0.15, 0.2) is 48.7 Å². The Hall–Kier alpha value is -2.47. The van der Waals surface area contributed by atoms with Crippen LogP contribution >= 0.6 is 11.5 Å². The first kappa shape index (κ1) is 15.1. The van der Waals surface area contributed by atoms with Gasteiger partial charge in [-0.3, -0.25) is 0 Å². The van der Waals surface area contributed by atoms with Gasteiger partial charge in [-0.05, 0) is 30.4 Å². The van der Waals surface area contributed by atoms with Crippen molar-refractivity contribution < 1.29 is 4.74 Å². The van der Waals surface area contributed by atoms with Gasteiger partial charge in [-0.1, -0.05) is 30.3 Å². The molecule has 1 aliphatic carbocycles. The van der Waals surface area contributed by atoms with Crippen molar-refractivity contribution in [3.63, 3.8) is 0 Å². The summed E-state index contributed by atoms with van der Waals surface area (Å²) in [6.07, 6.45) is 4.35. The van der Waals surface area contributed by atoms with Gasteiger partial charge in [-0.15, -0.1) is 0 Å². The van der Waals surface area contributed by atoms with Gasteiger partial charge >= 0.3 is 0 Å². The Morgan fingerprint density at radius 1 is 1.17 bits per heavy atom. The van der Waals surface area contributed by atoms with Gasteiger partial charge in [0.15, 0.2) is 5.82 Å². The molecule has 122 valence electrons. The normalized spacial score (nSPS) is 13.7. The number of rotatable bonds is 7. The molecule has 1 aliphatic rings. The molecule has 0 atom stereocenters. The van der Waals surface area contributed by atoms with Crippen molar-refractivity contribution in [1.82, 2.24) is 14.3 Å². The summed E-state index contributed by atoms with van der Waals surface area (Å²) in [5.41, 5.74) is 2.15. The first-order valence-electron chi connectivity index (χ1n) is 8.07. The Morgan fingerprint density at radius 2 is 2.04 bits per heavy atom. The van der Waals surface area contributed by atoms with Crippen LogP contribution in [0.1, 0.15) is 18.4 Å². The Morgan fingerprint density at radius 3 is 2.88 bits per heavy atom. The van der Waals surface area contributed by atoms with Crippen molar-refractivity contribution in [3.05, 3.63) is 54.2 Å². The van der Waals surface area contributed by atoms with Crippen LogP contribution in [0.4, 0.5) is 5.13 Å². The number of pyridine rings is 1. The molecule has 2 heterocycles. The summed E-state index contributed by atoms with van der Waals surface area (Å²) < 4.78 is 10.1. The summed E-state index contributed by atoms with van der Waals surface area (Å²) >= 11 is 1.37. The third-order valence-electron chi connectivity index (χ3n) is 3.86. The lowest BCUT2D eigenvalue weighted by Gasteiger charge is -2.06. The van der Waals surface area contributed by atoms with E-state index in [4.69, 9.17) is 4.74 Å². The second kappa shape index (κ2) is 6.97. The van der Waals surface area contributed by atoms with E-state index in [0.29, 0.717) is 12.4 Å². The van der Waals surface area contributed by atoms with E-state index in [9.17, 15) is 0 Å². The molecule has 0 amide bonds. The van der Waals surface area contributed by atoms with E-state index in [-0.39, 0.29) is 0 Å². The maximum atomic E-state index is 5.72. The standard InChI is InChI=1S/C18H18N4OS/c1-2-4-15(5-3-1)17-21-18(24-22-17)20-11-14-8-9-19-16(10-14)23-12-13-6-7-13/h1-5,8-10,13H,6-7,11-12H2,(H,20,21,22). The van der Waals surface area contributed by atoms with E-state index in [1.165, 1.54) is 24.4 Å². The van der Waals surface area contributed by atoms with Crippen LogP contribution in [0.25, 0.3) is 11.4 Å². The Bertz CT molecular complexity index is 802. The number of hydrogen-bond donors (Lipinski definition) is 1. The largest absolute Gasteiger partial charge is 0.477 e. The molecule has 1 fully saturated rings. The minimum atomic E-state index is 0.672. The summed E-state index contributed by atoms with van der Waals surface area (Å²) in [5, 5.41) is 4.13. The van der Waals surface area contributed by atoms with Crippen LogP contribution in [-0.2, 0) is 6.54 Å². The quantitative estimate of drug-likeness (QED) is 0.705. The Balaban J connectivity index is 1.36. The van der Waals surface area contributed by atoms with E-state index in [1.807, 2.05) is 42.5 Å². The van der Waals surface area contributed by atoms with Crippen LogP contribution in [0.5, 0.6) is 5.88 Å². The molecular formula is C18H18N4OS. The van der Waals surface area contributed by atoms with Crippen LogP contribution < -0.4 is 10.1 Å². The second-order valence-electron chi connectivity index (χ2n) is 5.90. The highest BCUT2D eigenvalue weighted by Crippen LogP contribution is 2.29. The van der Waals surface area contributed by atoms with Gasteiger partial charge in [-0.25, -0.2) is 4.98 Å². The molecule has 0 bridgehead atoms. The average molecular weight is 338 g/mol. The van der Waals surface area contributed by atoms with Gasteiger partial charge < -0.3 is 10.1 Å². The molecule has 0 spiro atoms. The minimum absolute atomic E-state index is 0.672. The molecule has 1 N–H and O–H groups in total. The van der Waals surface area contributed by atoms with E-state index < -0.39 is 0 Å². The zero-order valence-electron chi connectivity index (χ0n) is 13.2. The predicted octanol–water partition coefficient (Wildman–Crippen LogP) is 4.00. The molecule has 1 aromatic carbocycles. The molecule has 1 saturated carbocycles. The highest BCUT2D eigenvalue weighted by molar-refractivity contribution is 7.09. The first-order chi connectivity index (χ1) is 11.9. The van der Waals surface area contributed by atoms with Crippen LogP contribution in [0.3, 0.4) is 0 Å². The number of anilines is 1. The second-order valence-corrected chi connectivity index (χ2v) is 6.65. The van der Waals surface area contributed by atoms with Gasteiger partial charge in [0.2, 0.25) is 11.0 Å². The van der Waals surface area contributed by atoms with E-state index in [1.54, 1.807) is 6.20 Å². The molecule has 0 unspecified atom stereocenters. The highest BCUT2D eigenvalue weighted by atomic mass is 32.1. The number of nitrogens with one attached hydrogen (secondary N) is 1. The van der Waals surface area contributed by atoms with Crippen molar-refractivity contribution in [2.75, 3.05) is 11.9 Å². The third kappa shape index (κ3) is 3.89. The number of benzene rings is 1. The fourth-order valence-electron chi connectivity index (χ4n) is 2.30. The van der Waals surface area contributed by atoms with Gasteiger partial charge in [-0.2, -0.15) is 9.36 Å². The van der Waals surface area contributed by atoms with E-state index >= 15 is 0 Å². The SMILES string of the molecule is c1ccc(-c2nsc(NCc3ccnc(OCC4CC4)c3)n2)cc1. The van der Waals surface area contributed by atoms with Gasteiger partial charge in [0.25, 0.3) is 0 Å². The first-order valence-corrected chi connectivity index (χ1v) is 8.85. The van der Waals surface area contributed by atoms with Gasteiger partial charge in [0, 0.05) is 35.9 Å². The third-order valence-corrected chi connectivity index (χ3v) is 4.54. The number of hydrogen-bond acceptors (Lipinski definition) is 6. The van der Waals surface area contributed by atoms with Crippen LogP contribution in [-0.4, -0.2) is 20.9 Å². The summed E-state index contributed by atoms with van der Waals surface area (Å²) in [6.45, 7) is 1.45. The molecule has 0 saturated heterocycles. The average Bonchev–Trinajstić information content (AvgIpc) is 3.35. The van der Waals surface area contributed by atoms with Gasteiger partial charge in [0.1, 0.15) is 0 Å². The zero-order valence-corrected chi connectivity index (χ0v) is 14.0. The summed E-state index contributed by atoms with van der Waals surface area (Å²) in [6, 6.07) is 14.0. The minimum Gasteiger partial charge on any atom is -0.477 e. The maximum Gasteiger partial charge on any atom is 0.213 e. The lowest BCUT2D eigenvalue weighted by molar-refractivity contribution is 0.288. The molecule has 2 aromatic heterocycles. The Kier molecular flexibility index (Phi) is 4.38. The fraction of sp³-hybridized carbons (Fsp3) is 0.278. The number of nitrogens with zero attached hydrogens (tertiary/aromatic N) is 3. The number of aromatic nitrogens is 3. The van der Waals surface area contributed by atoms with E-state index in [0.717, 1.165) is 34.6 Å². The predicted molar refractivity (Wildman–Crippen MR) is 95.1 cm³/mol. The molecule has 4 rings (SSSR count). The summed E-state index contributed by atoms with van der Waals surface area (Å²) in [7, 11) is 0. The van der Waals surface area contributed by atoms with Crippen molar-refractivity contribution in [2.45, 2.75) is 19.4 Å². The summed E-state index contributed by atoms with van der Waals surface area (Å²) in [4.78, 5) is 8.80. The lowest BCUT2D eigenvalue weighted by atomic mass is 10.2. The topological polar surface area (TPSA) is 59.9 Å². The van der Waals surface area contributed by atoms with Crippen molar-refractivity contribution in [1.29, 1.82) is 0 Å². The molecule has 24 heavy (non-hydrogen) atoms. The smallest absolute Gasteiger partial charge is 0.213 e. The number of ether oxygens (including phenoxy) is 1.